The average molecular weight is 251 g/mol. The first kappa shape index (κ1) is 14.4. The third kappa shape index (κ3) is 4.69. The maximum absolute atomic E-state index is 11.0. The summed E-state index contributed by atoms with van der Waals surface area (Å²) in [6.07, 6.45) is 6.17. The summed E-state index contributed by atoms with van der Waals surface area (Å²) in [4.78, 5) is 18.8. The van der Waals surface area contributed by atoms with Crippen molar-refractivity contribution in [1.29, 1.82) is 0 Å². The Bertz CT molecular complexity index is 394. The molecule has 1 atom stereocenters. The van der Waals surface area contributed by atoms with Crippen LogP contribution >= 0.6 is 0 Å². The zero-order valence-corrected chi connectivity index (χ0v) is 11.2. The standard InChI is InChI=1S/C13H21N3O2/c1-9(2)5-4-6-10(3)16-12-11(13(17)18)14-7-8-15-12/h7-10H,4-6H2,1-3H3,(H,15,16)(H,17,18). The molecule has 18 heavy (non-hydrogen) atoms. The van der Waals surface area contributed by atoms with Crippen LogP contribution in [0, 0.1) is 5.92 Å². The van der Waals surface area contributed by atoms with E-state index in [4.69, 9.17) is 5.11 Å². The van der Waals surface area contributed by atoms with Crippen LogP contribution in [0.15, 0.2) is 12.4 Å². The second kappa shape index (κ2) is 6.93. The zero-order chi connectivity index (χ0) is 13.5. The summed E-state index contributed by atoms with van der Waals surface area (Å²) >= 11 is 0. The molecule has 0 fully saturated rings. The molecule has 0 amide bonds. The summed E-state index contributed by atoms with van der Waals surface area (Å²) in [5.41, 5.74) is -0.0202. The Morgan fingerprint density at radius 1 is 1.28 bits per heavy atom. The molecular weight excluding hydrogens is 230 g/mol. The number of nitrogens with one attached hydrogen (secondary N) is 1. The van der Waals surface area contributed by atoms with Gasteiger partial charge in [-0.3, -0.25) is 0 Å². The first-order chi connectivity index (χ1) is 8.50. The zero-order valence-electron chi connectivity index (χ0n) is 11.2. The maximum atomic E-state index is 11.0. The highest BCUT2D eigenvalue weighted by molar-refractivity contribution is 5.90. The van der Waals surface area contributed by atoms with Crippen LogP contribution in [0.4, 0.5) is 5.82 Å². The average Bonchev–Trinajstić information content (AvgIpc) is 2.28. The Morgan fingerprint density at radius 2 is 1.94 bits per heavy atom. The van der Waals surface area contributed by atoms with E-state index < -0.39 is 5.97 Å². The molecule has 1 aromatic heterocycles. The third-order valence-electron chi connectivity index (χ3n) is 2.70. The van der Waals surface area contributed by atoms with Crippen LogP contribution < -0.4 is 5.32 Å². The smallest absolute Gasteiger partial charge is 0.358 e. The molecule has 100 valence electrons. The van der Waals surface area contributed by atoms with Crippen LogP contribution in [0.25, 0.3) is 0 Å². The van der Waals surface area contributed by atoms with Crippen molar-refractivity contribution in [1.82, 2.24) is 9.97 Å². The lowest BCUT2D eigenvalue weighted by Crippen LogP contribution is -2.19. The second-order valence-corrected chi connectivity index (χ2v) is 4.93. The summed E-state index contributed by atoms with van der Waals surface area (Å²) in [6, 6.07) is 0.193. The molecule has 2 N–H and O–H groups in total. The van der Waals surface area contributed by atoms with Crippen molar-refractivity contribution < 1.29 is 9.90 Å². The van der Waals surface area contributed by atoms with E-state index >= 15 is 0 Å². The Morgan fingerprint density at radius 3 is 2.56 bits per heavy atom. The predicted molar refractivity (Wildman–Crippen MR) is 70.8 cm³/mol. The lowest BCUT2D eigenvalue weighted by Gasteiger charge is -2.15. The van der Waals surface area contributed by atoms with Gasteiger partial charge < -0.3 is 10.4 Å². The molecule has 0 bridgehead atoms. The van der Waals surface area contributed by atoms with Gasteiger partial charge in [-0.25, -0.2) is 14.8 Å². The van der Waals surface area contributed by atoms with Crippen molar-refractivity contribution >= 4 is 11.8 Å². The van der Waals surface area contributed by atoms with E-state index in [1.807, 2.05) is 6.92 Å². The minimum atomic E-state index is -1.06. The number of hydrogen-bond donors (Lipinski definition) is 2. The van der Waals surface area contributed by atoms with Gasteiger partial charge in [-0.2, -0.15) is 0 Å². The minimum absolute atomic E-state index is 0.0202. The van der Waals surface area contributed by atoms with Crippen molar-refractivity contribution in [3.63, 3.8) is 0 Å². The molecule has 0 spiro atoms. The highest BCUT2D eigenvalue weighted by Crippen LogP contribution is 2.14. The highest BCUT2D eigenvalue weighted by Gasteiger charge is 2.14. The Hall–Kier alpha value is -1.65. The van der Waals surface area contributed by atoms with Crippen molar-refractivity contribution in [2.24, 2.45) is 5.92 Å². The largest absolute Gasteiger partial charge is 0.476 e. The second-order valence-electron chi connectivity index (χ2n) is 4.93. The highest BCUT2D eigenvalue weighted by atomic mass is 16.4. The van der Waals surface area contributed by atoms with Gasteiger partial charge in [0, 0.05) is 18.4 Å². The van der Waals surface area contributed by atoms with Crippen LogP contribution in [-0.2, 0) is 0 Å². The summed E-state index contributed by atoms with van der Waals surface area (Å²) in [7, 11) is 0. The third-order valence-corrected chi connectivity index (χ3v) is 2.70. The van der Waals surface area contributed by atoms with Crippen molar-refractivity contribution in [3.05, 3.63) is 18.1 Å². The molecule has 0 radical (unpaired) electrons. The van der Waals surface area contributed by atoms with Crippen LogP contribution in [0.5, 0.6) is 0 Å². The first-order valence-corrected chi connectivity index (χ1v) is 6.31. The monoisotopic (exact) mass is 251 g/mol. The van der Waals surface area contributed by atoms with Crippen LogP contribution in [0.3, 0.4) is 0 Å². The number of aromatic nitrogens is 2. The predicted octanol–water partition coefficient (Wildman–Crippen LogP) is 2.80. The van der Waals surface area contributed by atoms with Crippen LogP contribution in [-0.4, -0.2) is 27.1 Å². The fourth-order valence-electron chi connectivity index (χ4n) is 1.74. The van der Waals surface area contributed by atoms with Crippen molar-refractivity contribution in [2.45, 2.75) is 46.1 Å². The molecule has 0 aliphatic carbocycles. The van der Waals surface area contributed by atoms with Gasteiger partial charge in [0.25, 0.3) is 0 Å². The van der Waals surface area contributed by atoms with Gasteiger partial charge in [-0.1, -0.05) is 26.7 Å². The molecule has 1 aromatic rings. The number of nitrogens with zero attached hydrogens (tertiary/aromatic N) is 2. The summed E-state index contributed by atoms with van der Waals surface area (Å²) in [5, 5.41) is 12.1. The molecule has 0 aromatic carbocycles. The summed E-state index contributed by atoms with van der Waals surface area (Å²) in [5.74, 6) is -0.00896. The van der Waals surface area contributed by atoms with Gasteiger partial charge >= 0.3 is 5.97 Å². The number of carbonyl (C=O) groups is 1. The van der Waals surface area contributed by atoms with Gasteiger partial charge in [-0.15, -0.1) is 0 Å². The molecule has 5 heteroatoms. The van der Waals surface area contributed by atoms with E-state index in [-0.39, 0.29) is 11.7 Å². The van der Waals surface area contributed by atoms with Gasteiger partial charge in [0.1, 0.15) is 0 Å². The Labute approximate surface area is 108 Å². The fraction of sp³-hybridized carbons (Fsp3) is 0.615. The molecule has 1 heterocycles. The van der Waals surface area contributed by atoms with Crippen molar-refractivity contribution in [2.75, 3.05) is 5.32 Å². The summed E-state index contributed by atoms with van der Waals surface area (Å²) in [6.45, 7) is 6.42. The fourth-order valence-corrected chi connectivity index (χ4v) is 1.74. The number of rotatable bonds is 7. The van der Waals surface area contributed by atoms with Crippen molar-refractivity contribution in [3.8, 4) is 0 Å². The molecular formula is C13H21N3O2. The van der Waals surface area contributed by atoms with E-state index in [1.165, 1.54) is 18.8 Å². The first-order valence-electron chi connectivity index (χ1n) is 6.31. The lowest BCUT2D eigenvalue weighted by molar-refractivity contribution is 0.0691. The molecule has 0 saturated carbocycles. The SMILES string of the molecule is CC(C)CCCC(C)Nc1nccnc1C(=O)O. The number of anilines is 1. The quantitative estimate of drug-likeness (QED) is 0.779. The van der Waals surface area contributed by atoms with E-state index in [2.05, 4.69) is 29.1 Å². The van der Waals surface area contributed by atoms with Crippen LogP contribution in [0.2, 0.25) is 0 Å². The molecule has 1 rings (SSSR count). The van der Waals surface area contributed by atoms with E-state index in [0.717, 1.165) is 12.8 Å². The van der Waals surface area contributed by atoms with E-state index in [1.54, 1.807) is 0 Å². The van der Waals surface area contributed by atoms with Gasteiger partial charge in [0.05, 0.1) is 0 Å². The van der Waals surface area contributed by atoms with Gasteiger partial charge in [0.15, 0.2) is 11.5 Å². The number of hydrogen-bond acceptors (Lipinski definition) is 4. The normalized spacial score (nSPS) is 12.4. The number of carboxylic acid groups (broad SMARTS) is 1. The number of carboxylic acids is 1. The van der Waals surface area contributed by atoms with Gasteiger partial charge in [0.2, 0.25) is 0 Å². The molecule has 5 nitrogen and oxygen atoms in total. The Kier molecular flexibility index (Phi) is 5.55. The van der Waals surface area contributed by atoms with E-state index in [0.29, 0.717) is 11.7 Å². The molecule has 0 aliphatic heterocycles. The topological polar surface area (TPSA) is 75.1 Å². The summed E-state index contributed by atoms with van der Waals surface area (Å²) < 4.78 is 0. The number of aromatic carboxylic acids is 1. The minimum Gasteiger partial charge on any atom is -0.476 e. The maximum Gasteiger partial charge on any atom is 0.358 e. The Balaban J connectivity index is 2.53. The van der Waals surface area contributed by atoms with Gasteiger partial charge in [-0.05, 0) is 19.3 Å². The molecule has 1 unspecified atom stereocenters. The van der Waals surface area contributed by atoms with Crippen LogP contribution in [0.1, 0.15) is 50.5 Å². The lowest BCUT2D eigenvalue weighted by atomic mass is 10.0. The molecule has 0 aliphatic rings. The van der Waals surface area contributed by atoms with E-state index in [9.17, 15) is 4.79 Å². The molecule has 0 saturated heterocycles.